The van der Waals surface area contributed by atoms with Gasteiger partial charge in [0.25, 0.3) is 5.91 Å². The first kappa shape index (κ1) is 16.1. The van der Waals surface area contributed by atoms with Crippen molar-refractivity contribution in [1.82, 2.24) is 15.2 Å². The number of amides is 1. The van der Waals surface area contributed by atoms with Gasteiger partial charge in [-0.25, -0.2) is 4.98 Å². The zero-order valence-corrected chi connectivity index (χ0v) is 15.1. The Morgan fingerprint density at radius 2 is 2.08 bits per heavy atom. The summed E-state index contributed by atoms with van der Waals surface area (Å²) in [6.45, 7) is 5.45. The Labute approximate surface area is 153 Å². The maximum atomic E-state index is 12.8. The molecule has 3 aliphatic heterocycles. The Bertz CT molecular complexity index is 799. The second kappa shape index (κ2) is 6.58. The fourth-order valence-electron chi connectivity index (χ4n) is 4.85. The summed E-state index contributed by atoms with van der Waals surface area (Å²) in [5.74, 6) is 0.675. The molecule has 1 amide bonds. The molecule has 0 aromatic carbocycles. The molecule has 2 bridgehead atoms. The summed E-state index contributed by atoms with van der Waals surface area (Å²) in [6.07, 6.45) is 9.58. The van der Waals surface area contributed by atoms with Crippen molar-refractivity contribution in [3.63, 3.8) is 0 Å². The third-order valence-electron chi connectivity index (χ3n) is 6.17. The van der Waals surface area contributed by atoms with Crippen molar-refractivity contribution in [2.24, 2.45) is 5.92 Å². The third-order valence-corrected chi connectivity index (χ3v) is 6.17. The van der Waals surface area contributed by atoms with Crippen LogP contribution >= 0.6 is 0 Å². The SMILES string of the molecule is O=C(N[C@@H]1C[C@H]2CCN(C2)C1)c1cc2c(N3CCCCC3)coc2cn1. The van der Waals surface area contributed by atoms with Gasteiger partial charge in [-0.1, -0.05) is 0 Å². The van der Waals surface area contributed by atoms with Crippen LogP contribution in [0.5, 0.6) is 0 Å². The molecule has 5 rings (SSSR count). The summed E-state index contributed by atoms with van der Waals surface area (Å²) in [5, 5.41) is 4.20. The first-order valence-electron chi connectivity index (χ1n) is 9.92. The van der Waals surface area contributed by atoms with E-state index in [2.05, 4.69) is 20.1 Å². The number of fused-ring (bicyclic) bond motifs is 3. The lowest BCUT2D eigenvalue weighted by Crippen LogP contribution is -2.47. The summed E-state index contributed by atoms with van der Waals surface area (Å²) in [5.41, 5.74) is 2.34. The van der Waals surface area contributed by atoms with Gasteiger partial charge in [-0.15, -0.1) is 0 Å². The monoisotopic (exact) mass is 354 g/mol. The average molecular weight is 354 g/mol. The molecule has 2 aromatic heterocycles. The molecular weight excluding hydrogens is 328 g/mol. The lowest BCUT2D eigenvalue weighted by molar-refractivity contribution is 0.0904. The molecule has 3 aliphatic rings. The number of aromatic nitrogens is 1. The number of pyridine rings is 1. The Morgan fingerprint density at radius 1 is 1.19 bits per heavy atom. The van der Waals surface area contributed by atoms with Gasteiger partial charge >= 0.3 is 0 Å². The standard InChI is InChI=1S/C20H26N4O2/c25-20(22-15-8-14-4-7-23(11-14)12-15)17-9-16-18(13-26-19(16)10-21-17)24-5-2-1-3-6-24/h9-10,13-15H,1-8,11-12H2,(H,22,25)/t14-,15-/m1/s1. The first-order valence-corrected chi connectivity index (χ1v) is 9.92. The molecule has 6 nitrogen and oxygen atoms in total. The minimum Gasteiger partial charge on any atom is -0.460 e. The van der Waals surface area contributed by atoms with E-state index in [1.54, 1.807) is 6.20 Å². The molecule has 1 unspecified atom stereocenters. The van der Waals surface area contributed by atoms with E-state index in [-0.39, 0.29) is 11.9 Å². The van der Waals surface area contributed by atoms with Crippen molar-refractivity contribution in [2.75, 3.05) is 37.6 Å². The molecule has 0 radical (unpaired) electrons. The fourth-order valence-corrected chi connectivity index (χ4v) is 4.85. The van der Waals surface area contributed by atoms with Gasteiger partial charge in [0.05, 0.1) is 11.9 Å². The third kappa shape index (κ3) is 2.96. The molecule has 0 saturated carbocycles. The predicted molar refractivity (Wildman–Crippen MR) is 100 cm³/mol. The Kier molecular flexibility index (Phi) is 4.08. The lowest BCUT2D eigenvalue weighted by atomic mass is 9.97. The maximum Gasteiger partial charge on any atom is 0.270 e. The van der Waals surface area contributed by atoms with Crippen LogP contribution in [0.1, 0.15) is 42.6 Å². The molecule has 3 atom stereocenters. The van der Waals surface area contributed by atoms with Crippen LogP contribution in [0.15, 0.2) is 22.9 Å². The van der Waals surface area contributed by atoms with Crippen LogP contribution in [0.4, 0.5) is 5.69 Å². The smallest absolute Gasteiger partial charge is 0.270 e. The van der Waals surface area contributed by atoms with Crippen molar-refractivity contribution < 1.29 is 9.21 Å². The largest absolute Gasteiger partial charge is 0.460 e. The molecule has 3 saturated heterocycles. The number of piperidine rings is 2. The van der Waals surface area contributed by atoms with Crippen LogP contribution in [0.2, 0.25) is 0 Å². The Morgan fingerprint density at radius 3 is 2.92 bits per heavy atom. The summed E-state index contributed by atoms with van der Waals surface area (Å²) in [4.78, 5) is 21.9. The van der Waals surface area contributed by atoms with E-state index in [1.807, 2.05) is 12.3 Å². The van der Waals surface area contributed by atoms with Crippen LogP contribution in [0.25, 0.3) is 11.0 Å². The van der Waals surface area contributed by atoms with E-state index in [1.165, 1.54) is 38.8 Å². The molecular formula is C20H26N4O2. The molecule has 6 heteroatoms. The van der Waals surface area contributed by atoms with Crippen LogP contribution < -0.4 is 10.2 Å². The normalized spacial score (nSPS) is 28.5. The van der Waals surface area contributed by atoms with Crippen molar-refractivity contribution in [3.05, 3.63) is 24.2 Å². The number of anilines is 1. The number of furan rings is 1. The molecule has 26 heavy (non-hydrogen) atoms. The molecule has 1 N–H and O–H groups in total. The van der Waals surface area contributed by atoms with Crippen molar-refractivity contribution in [1.29, 1.82) is 0 Å². The molecule has 2 aromatic rings. The highest BCUT2D eigenvalue weighted by atomic mass is 16.3. The average Bonchev–Trinajstić information content (AvgIpc) is 3.24. The van der Waals surface area contributed by atoms with Crippen molar-refractivity contribution in [2.45, 2.75) is 38.1 Å². The number of nitrogens with zero attached hydrogens (tertiary/aromatic N) is 3. The Balaban J connectivity index is 1.35. The molecule has 5 heterocycles. The molecule has 0 aliphatic carbocycles. The van der Waals surface area contributed by atoms with E-state index < -0.39 is 0 Å². The number of hydrogen-bond acceptors (Lipinski definition) is 5. The first-order chi connectivity index (χ1) is 12.8. The summed E-state index contributed by atoms with van der Waals surface area (Å²) >= 11 is 0. The predicted octanol–water partition coefficient (Wildman–Crippen LogP) is 2.64. The second-order valence-corrected chi connectivity index (χ2v) is 8.05. The van der Waals surface area contributed by atoms with Gasteiger partial charge in [0, 0.05) is 37.6 Å². The van der Waals surface area contributed by atoms with E-state index >= 15 is 0 Å². The van der Waals surface area contributed by atoms with Crippen LogP contribution in [-0.2, 0) is 0 Å². The van der Waals surface area contributed by atoms with Crippen LogP contribution in [0.3, 0.4) is 0 Å². The van der Waals surface area contributed by atoms with E-state index in [0.29, 0.717) is 5.69 Å². The zero-order valence-electron chi connectivity index (χ0n) is 15.1. The molecule has 3 fully saturated rings. The van der Waals surface area contributed by atoms with E-state index in [4.69, 9.17) is 4.42 Å². The number of carbonyl (C=O) groups excluding carboxylic acids is 1. The second-order valence-electron chi connectivity index (χ2n) is 8.05. The summed E-state index contributed by atoms with van der Waals surface area (Å²) in [7, 11) is 0. The Hall–Kier alpha value is -2.08. The number of hydrogen-bond donors (Lipinski definition) is 1. The number of nitrogens with one attached hydrogen (secondary N) is 1. The van der Waals surface area contributed by atoms with Gasteiger partial charge < -0.3 is 19.5 Å². The molecule has 138 valence electrons. The topological polar surface area (TPSA) is 61.6 Å². The fraction of sp³-hybridized carbons (Fsp3) is 0.600. The maximum absolute atomic E-state index is 12.8. The van der Waals surface area contributed by atoms with Gasteiger partial charge in [-0.3, -0.25) is 4.79 Å². The minimum atomic E-state index is -0.0646. The highest BCUT2D eigenvalue weighted by Crippen LogP contribution is 2.31. The van der Waals surface area contributed by atoms with Gasteiger partial charge in [0.1, 0.15) is 12.0 Å². The van der Waals surface area contributed by atoms with Gasteiger partial charge in [0.2, 0.25) is 0 Å². The van der Waals surface area contributed by atoms with Crippen molar-refractivity contribution in [3.8, 4) is 0 Å². The highest BCUT2D eigenvalue weighted by Gasteiger charge is 2.33. The quantitative estimate of drug-likeness (QED) is 0.918. The van der Waals surface area contributed by atoms with Crippen molar-refractivity contribution >= 4 is 22.6 Å². The van der Waals surface area contributed by atoms with Crippen LogP contribution in [-0.4, -0.2) is 54.6 Å². The van der Waals surface area contributed by atoms with Gasteiger partial charge in [-0.05, 0) is 50.6 Å². The van der Waals surface area contributed by atoms with E-state index in [0.717, 1.165) is 48.6 Å². The van der Waals surface area contributed by atoms with Gasteiger partial charge in [-0.2, -0.15) is 0 Å². The summed E-state index contributed by atoms with van der Waals surface area (Å²) in [6, 6.07) is 2.14. The summed E-state index contributed by atoms with van der Waals surface area (Å²) < 4.78 is 5.68. The van der Waals surface area contributed by atoms with E-state index in [9.17, 15) is 4.79 Å². The number of carbonyl (C=O) groups is 1. The lowest BCUT2D eigenvalue weighted by Gasteiger charge is -2.30. The van der Waals surface area contributed by atoms with Crippen LogP contribution in [0, 0.1) is 5.92 Å². The van der Waals surface area contributed by atoms with Gasteiger partial charge in [0.15, 0.2) is 5.58 Å². The number of rotatable bonds is 3. The minimum absolute atomic E-state index is 0.0646. The highest BCUT2D eigenvalue weighted by molar-refractivity contribution is 5.99. The zero-order chi connectivity index (χ0) is 17.5. The molecule has 0 spiro atoms.